The van der Waals surface area contributed by atoms with Gasteiger partial charge in [-0.3, -0.25) is 0 Å². The number of hydrogen-bond acceptors (Lipinski definition) is 2. The van der Waals surface area contributed by atoms with Crippen molar-refractivity contribution in [3.63, 3.8) is 0 Å². The Hall–Kier alpha value is -1.23. The van der Waals surface area contributed by atoms with Crippen molar-refractivity contribution in [1.29, 1.82) is 0 Å². The lowest BCUT2D eigenvalue weighted by Gasteiger charge is -2.39. The van der Waals surface area contributed by atoms with Crippen LogP contribution in [0.5, 0.6) is 0 Å². The van der Waals surface area contributed by atoms with Gasteiger partial charge in [-0.15, -0.1) is 0 Å². The van der Waals surface area contributed by atoms with Gasteiger partial charge >= 0.3 is 0 Å². The second kappa shape index (κ2) is 5.87. The molecule has 0 aliphatic carbocycles. The second-order valence-corrected chi connectivity index (χ2v) is 6.46. The highest BCUT2D eigenvalue weighted by molar-refractivity contribution is 9.10. The van der Waals surface area contributed by atoms with E-state index in [2.05, 4.69) is 40.3 Å². The largest absolute Gasteiger partial charge is 0.370 e. The highest BCUT2D eigenvalue weighted by Gasteiger charge is 2.34. The average Bonchev–Trinajstić information content (AvgIpc) is 2.52. The molecule has 1 aliphatic rings. The molecule has 110 valence electrons. The van der Waals surface area contributed by atoms with E-state index in [0.29, 0.717) is 18.7 Å². The molecule has 21 heavy (non-hydrogen) atoms. The number of nitrogens with one attached hydrogen (secondary N) is 1. The Morgan fingerprint density at radius 3 is 2.67 bits per heavy atom. The van der Waals surface area contributed by atoms with Crippen molar-refractivity contribution in [3.8, 4) is 0 Å². The molecule has 2 atom stereocenters. The highest BCUT2D eigenvalue weighted by Crippen LogP contribution is 2.32. The average molecular weight is 350 g/mol. The third kappa shape index (κ3) is 3.03. The number of rotatable bonds is 2. The van der Waals surface area contributed by atoms with Gasteiger partial charge in [-0.05, 0) is 30.7 Å². The molecule has 4 heteroatoms. The van der Waals surface area contributed by atoms with Gasteiger partial charge in [0, 0.05) is 16.6 Å². The van der Waals surface area contributed by atoms with Crippen LogP contribution >= 0.6 is 15.9 Å². The maximum absolute atomic E-state index is 13.9. The summed E-state index contributed by atoms with van der Waals surface area (Å²) in [5.74, 6) is -0.228. The molecule has 2 aromatic rings. The van der Waals surface area contributed by atoms with Crippen LogP contribution < -0.4 is 5.32 Å². The van der Waals surface area contributed by atoms with E-state index < -0.39 is 0 Å². The number of benzene rings is 2. The summed E-state index contributed by atoms with van der Waals surface area (Å²) in [6.07, 6.45) is -0.265. The SMILES string of the molecule is CC1(c2ccccc2)COC(c2cc(Br)ccc2F)CN1. The number of hydrogen-bond donors (Lipinski definition) is 1. The van der Waals surface area contributed by atoms with Crippen molar-refractivity contribution in [2.24, 2.45) is 0 Å². The summed E-state index contributed by atoms with van der Waals surface area (Å²) in [6.45, 7) is 3.20. The lowest BCUT2D eigenvalue weighted by Crippen LogP contribution is -2.50. The Morgan fingerprint density at radius 1 is 1.24 bits per heavy atom. The van der Waals surface area contributed by atoms with Crippen molar-refractivity contribution >= 4 is 15.9 Å². The van der Waals surface area contributed by atoms with E-state index in [9.17, 15) is 4.39 Å². The van der Waals surface area contributed by atoms with Gasteiger partial charge < -0.3 is 10.1 Å². The van der Waals surface area contributed by atoms with Gasteiger partial charge in [0.2, 0.25) is 0 Å². The van der Waals surface area contributed by atoms with Crippen molar-refractivity contribution in [2.45, 2.75) is 18.6 Å². The van der Waals surface area contributed by atoms with Crippen molar-refractivity contribution in [1.82, 2.24) is 5.32 Å². The molecule has 1 heterocycles. The molecule has 0 saturated carbocycles. The summed E-state index contributed by atoms with van der Waals surface area (Å²) in [5, 5.41) is 3.50. The quantitative estimate of drug-likeness (QED) is 0.878. The fraction of sp³-hybridized carbons (Fsp3) is 0.294. The summed E-state index contributed by atoms with van der Waals surface area (Å²) in [4.78, 5) is 0. The molecule has 0 amide bonds. The predicted octanol–water partition coefficient (Wildman–Crippen LogP) is 4.16. The van der Waals surface area contributed by atoms with Crippen LogP contribution in [0.4, 0.5) is 4.39 Å². The minimum absolute atomic E-state index is 0.228. The van der Waals surface area contributed by atoms with Gasteiger partial charge in [0.15, 0.2) is 0 Å². The van der Waals surface area contributed by atoms with Crippen LogP contribution in [-0.2, 0) is 10.3 Å². The van der Waals surface area contributed by atoms with Crippen molar-refractivity contribution in [2.75, 3.05) is 13.2 Å². The Labute approximate surface area is 132 Å². The zero-order valence-electron chi connectivity index (χ0n) is 11.8. The molecule has 1 N–H and O–H groups in total. The Bertz CT molecular complexity index is 624. The molecule has 2 unspecified atom stereocenters. The summed E-state index contributed by atoms with van der Waals surface area (Å²) in [7, 11) is 0. The van der Waals surface area contributed by atoms with Gasteiger partial charge in [-0.25, -0.2) is 4.39 Å². The van der Waals surface area contributed by atoms with Crippen LogP contribution in [0.15, 0.2) is 53.0 Å². The first-order valence-corrected chi connectivity index (χ1v) is 7.75. The van der Waals surface area contributed by atoms with Crippen LogP contribution in [0.1, 0.15) is 24.2 Å². The Kier molecular flexibility index (Phi) is 4.11. The van der Waals surface area contributed by atoms with E-state index >= 15 is 0 Å². The summed E-state index contributed by atoms with van der Waals surface area (Å²) in [6, 6.07) is 15.1. The summed E-state index contributed by atoms with van der Waals surface area (Å²) < 4.78 is 20.7. The summed E-state index contributed by atoms with van der Waals surface area (Å²) >= 11 is 3.38. The van der Waals surface area contributed by atoms with Crippen molar-refractivity contribution in [3.05, 3.63) is 69.9 Å². The van der Waals surface area contributed by atoms with Crippen LogP contribution in [0, 0.1) is 5.82 Å². The van der Waals surface area contributed by atoms with Crippen LogP contribution in [0.25, 0.3) is 0 Å². The molecular weight excluding hydrogens is 333 g/mol. The maximum atomic E-state index is 13.9. The topological polar surface area (TPSA) is 21.3 Å². The summed E-state index contributed by atoms with van der Waals surface area (Å²) in [5.41, 5.74) is 1.53. The van der Waals surface area contributed by atoms with Crippen molar-refractivity contribution < 1.29 is 9.13 Å². The first-order valence-electron chi connectivity index (χ1n) is 6.96. The minimum Gasteiger partial charge on any atom is -0.370 e. The highest BCUT2D eigenvalue weighted by atomic mass is 79.9. The second-order valence-electron chi connectivity index (χ2n) is 5.54. The minimum atomic E-state index is -0.265. The monoisotopic (exact) mass is 349 g/mol. The van der Waals surface area contributed by atoms with E-state index in [1.165, 1.54) is 11.6 Å². The standard InChI is InChI=1S/C17H17BrFNO/c1-17(12-5-3-2-4-6-12)11-21-16(10-20-17)14-9-13(18)7-8-15(14)19/h2-9,16,20H,10-11H2,1H3. The van der Waals surface area contributed by atoms with E-state index in [1.54, 1.807) is 12.1 Å². The molecular formula is C17H17BrFNO. The zero-order valence-corrected chi connectivity index (χ0v) is 13.4. The van der Waals surface area contributed by atoms with E-state index in [0.717, 1.165) is 4.47 Å². The number of morpholine rings is 1. The molecule has 0 radical (unpaired) electrons. The molecule has 0 spiro atoms. The van der Waals surface area contributed by atoms with Gasteiger partial charge in [-0.1, -0.05) is 46.3 Å². The smallest absolute Gasteiger partial charge is 0.129 e. The molecule has 3 rings (SSSR count). The number of ether oxygens (including phenoxy) is 1. The molecule has 0 aromatic heterocycles. The van der Waals surface area contributed by atoms with Gasteiger partial charge in [0.1, 0.15) is 5.82 Å². The van der Waals surface area contributed by atoms with Gasteiger partial charge in [-0.2, -0.15) is 0 Å². The normalized spacial score (nSPS) is 25.8. The third-order valence-electron chi connectivity index (χ3n) is 3.97. The predicted molar refractivity (Wildman–Crippen MR) is 84.6 cm³/mol. The molecule has 2 nitrogen and oxygen atoms in total. The number of halogens is 2. The van der Waals surface area contributed by atoms with Gasteiger partial charge in [0.25, 0.3) is 0 Å². The van der Waals surface area contributed by atoms with Crippen LogP contribution in [0.3, 0.4) is 0 Å². The van der Waals surface area contributed by atoms with Crippen LogP contribution in [0.2, 0.25) is 0 Å². The maximum Gasteiger partial charge on any atom is 0.129 e. The zero-order chi connectivity index (χ0) is 14.9. The molecule has 1 aliphatic heterocycles. The fourth-order valence-electron chi connectivity index (χ4n) is 2.65. The van der Waals surface area contributed by atoms with E-state index in [-0.39, 0.29) is 17.5 Å². The Balaban J connectivity index is 1.77. The molecule has 1 fully saturated rings. The molecule has 2 aromatic carbocycles. The van der Waals surface area contributed by atoms with E-state index in [1.807, 2.05) is 18.2 Å². The lowest BCUT2D eigenvalue weighted by molar-refractivity contribution is -0.0323. The molecule has 0 bridgehead atoms. The first-order chi connectivity index (χ1) is 10.1. The van der Waals surface area contributed by atoms with Gasteiger partial charge in [0.05, 0.1) is 18.2 Å². The Morgan fingerprint density at radius 2 is 2.00 bits per heavy atom. The third-order valence-corrected chi connectivity index (χ3v) is 4.46. The fourth-order valence-corrected chi connectivity index (χ4v) is 3.03. The first kappa shape index (κ1) is 14.7. The van der Waals surface area contributed by atoms with Crippen LogP contribution in [-0.4, -0.2) is 13.2 Å². The van der Waals surface area contributed by atoms with E-state index in [4.69, 9.17) is 4.74 Å². The lowest BCUT2D eigenvalue weighted by atomic mass is 9.90. The molecule has 1 saturated heterocycles.